The first-order valence-corrected chi connectivity index (χ1v) is 4.02. The Morgan fingerprint density at radius 1 is 1.64 bits per heavy atom. The fraction of sp³-hybridized carbons (Fsp3) is 0.625. The van der Waals surface area contributed by atoms with Crippen molar-refractivity contribution in [2.75, 3.05) is 13.6 Å². The van der Waals surface area contributed by atoms with E-state index in [4.69, 9.17) is 0 Å². The van der Waals surface area contributed by atoms with Gasteiger partial charge in [-0.1, -0.05) is 0 Å². The Kier molecular flexibility index (Phi) is 1.46. The van der Waals surface area contributed by atoms with E-state index in [9.17, 15) is 0 Å². The van der Waals surface area contributed by atoms with Crippen LogP contribution >= 0.6 is 0 Å². The number of hydrogen-bond acceptors (Lipinski definition) is 1. The van der Waals surface area contributed by atoms with Gasteiger partial charge in [-0.25, -0.2) is 9.55 Å². The van der Waals surface area contributed by atoms with Gasteiger partial charge in [0.1, 0.15) is 25.0 Å². The minimum atomic E-state index is 1.05. The molecule has 1 aromatic rings. The van der Waals surface area contributed by atoms with Crippen LogP contribution in [-0.4, -0.2) is 23.5 Å². The molecule has 1 N–H and O–H groups in total. The van der Waals surface area contributed by atoms with Crippen molar-refractivity contribution in [2.24, 2.45) is 0 Å². The van der Waals surface area contributed by atoms with Crippen molar-refractivity contribution >= 4 is 0 Å². The topological polar surface area (TPSA) is 22.9 Å². The Labute approximate surface area is 66.6 Å². The number of fused-ring (bicyclic) bond motifs is 1. The first-order valence-electron chi connectivity index (χ1n) is 4.02. The van der Waals surface area contributed by atoms with E-state index in [0.29, 0.717) is 0 Å². The van der Waals surface area contributed by atoms with Gasteiger partial charge in [0.2, 0.25) is 0 Å². The molecule has 1 aromatic heterocycles. The lowest BCUT2D eigenvalue weighted by atomic mass is 10.4. The van der Waals surface area contributed by atoms with E-state index >= 15 is 0 Å². The summed E-state index contributed by atoms with van der Waals surface area (Å²) >= 11 is 0. The molecule has 3 nitrogen and oxygen atoms in total. The summed E-state index contributed by atoms with van der Waals surface area (Å²) < 4.78 is 2.30. The lowest BCUT2D eigenvalue weighted by Crippen LogP contribution is -2.47. The average Bonchev–Trinajstić information content (AvgIpc) is 2.27. The molecule has 2 heterocycles. The standard InChI is InChI=1S/C8H13N3/c1-7-5-11-4-3-10(2)6-8(11)9-7/h5H,3-4,6H2,1-2H3/p+1. The summed E-state index contributed by atoms with van der Waals surface area (Å²) in [6, 6.07) is 0. The van der Waals surface area contributed by atoms with Crippen LogP contribution in [0.25, 0.3) is 0 Å². The van der Waals surface area contributed by atoms with E-state index < -0.39 is 0 Å². The largest absolute Gasteiger partial charge is 0.291 e. The van der Waals surface area contributed by atoms with Crippen LogP contribution in [0.15, 0.2) is 6.20 Å². The molecule has 0 spiro atoms. The van der Waals surface area contributed by atoms with Gasteiger partial charge in [0.05, 0.1) is 0 Å². The molecule has 1 aliphatic heterocycles. The number of aromatic nitrogens is 2. The zero-order chi connectivity index (χ0) is 7.84. The number of aromatic amines is 1. The monoisotopic (exact) mass is 152 g/mol. The molecule has 11 heavy (non-hydrogen) atoms. The highest BCUT2D eigenvalue weighted by atomic mass is 15.2. The van der Waals surface area contributed by atoms with Gasteiger partial charge in [0, 0.05) is 13.5 Å². The number of H-pyrrole nitrogens is 1. The molecule has 0 saturated carbocycles. The Morgan fingerprint density at radius 3 is 3.27 bits per heavy atom. The third kappa shape index (κ3) is 1.16. The smallest absolute Gasteiger partial charge is 0.268 e. The highest BCUT2D eigenvalue weighted by Gasteiger charge is 2.20. The summed E-state index contributed by atoms with van der Waals surface area (Å²) in [5.74, 6) is 1.33. The van der Waals surface area contributed by atoms with Gasteiger partial charge in [-0.3, -0.25) is 4.90 Å². The molecule has 0 atom stereocenters. The maximum absolute atomic E-state index is 3.35. The summed E-state index contributed by atoms with van der Waals surface area (Å²) in [4.78, 5) is 5.67. The second-order valence-electron chi connectivity index (χ2n) is 3.31. The minimum absolute atomic E-state index is 1.05. The number of rotatable bonds is 0. The quantitative estimate of drug-likeness (QED) is 0.522. The van der Waals surface area contributed by atoms with Crippen LogP contribution in [0.5, 0.6) is 0 Å². The molecule has 2 rings (SSSR count). The maximum Gasteiger partial charge on any atom is 0.268 e. The molecule has 0 radical (unpaired) electrons. The van der Waals surface area contributed by atoms with Gasteiger partial charge in [-0.15, -0.1) is 0 Å². The number of nitrogens with one attached hydrogen (secondary N) is 1. The Bertz CT molecular complexity index is 264. The van der Waals surface area contributed by atoms with E-state index in [0.717, 1.165) is 19.6 Å². The normalized spacial score (nSPS) is 18.4. The van der Waals surface area contributed by atoms with Crippen molar-refractivity contribution in [2.45, 2.75) is 20.0 Å². The van der Waals surface area contributed by atoms with Crippen LogP contribution in [-0.2, 0) is 13.1 Å². The van der Waals surface area contributed by atoms with Gasteiger partial charge in [0.25, 0.3) is 5.82 Å². The van der Waals surface area contributed by atoms with Crippen LogP contribution < -0.4 is 4.57 Å². The lowest BCUT2D eigenvalue weighted by molar-refractivity contribution is -0.710. The van der Waals surface area contributed by atoms with Crippen LogP contribution in [0.3, 0.4) is 0 Å². The SMILES string of the molecule is Cc1c[n+]2c([nH]1)CN(C)CC2. The Balaban J connectivity index is 2.34. The van der Waals surface area contributed by atoms with E-state index in [1.54, 1.807) is 0 Å². The molecule has 0 fully saturated rings. The zero-order valence-corrected chi connectivity index (χ0v) is 7.09. The number of hydrogen-bond donors (Lipinski definition) is 1. The summed E-state index contributed by atoms with van der Waals surface area (Å²) in [5, 5.41) is 0. The third-order valence-corrected chi connectivity index (χ3v) is 2.18. The van der Waals surface area contributed by atoms with Crippen molar-refractivity contribution < 1.29 is 4.57 Å². The first kappa shape index (κ1) is 6.85. The van der Waals surface area contributed by atoms with Crippen LogP contribution in [0.4, 0.5) is 0 Å². The number of likely N-dealkylation sites (N-methyl/N-ethyl adjacent to an activating group) is 1. The van der Waals surface area contributed by atoms with Gasteiger partial charge < -0.3 is 0 Å². The highest BCUT2D eigenvalue weighted by molar-refractivity contribution is 4.91. The minimum Gasteiger partial charge on any atom is -0.291 e. The van der Waals surface area contributed by atoms with Crippen LogP contribution in [0, 0.1) is 6.92 Å². The Hall–Kier alpha value is -0.830. The van der Waals surface area contributed by atoms with Gasteiger partial charge in [0.15, 0.2) is 0 Å². The molecule has 0 saturated heterocycles. The summed E-state index contributed by atoms with van der Waals surface area (Å²) in [6.07, 6.45) is 2.18. The molecule has 60 valence electrons. The molecule has 0 aliphatic carbocycles. The van der Waals surface area contributed by atoms with Crippen molar-refractivity contribution in [3.8, 4) is 0 Å². The van der Waals surface area contributed by atoms with Gasteiger partial charge in [-0.2, -0.15) is 0 Å². The van der Waals surface area contributed by atoms with Crippen molar-refractivity contribution in [3.63, 3.8) is 0 Å². The second-order valence-corrected chi connectivity index (χ2v) is 3.31. The Morgan fingerprint density at radius 2 is 2.45 bits per heavy atom. The van der Waals surface area contributed by atoms with Crippen LogP contribution in [0.2, 0.25) is 0 Å². The zero-order valence-electron chi connectivity index (χ0n) is 7.09. The second kappa shape index (κ2) is 2.34. The van der Waals surface area contributed by atoms with E-state index in [1.165, 1.54) is 11.5 Å². The predicted octanol–water partition coefficient (Wildman–Crippen LogP) is 0.0560. The summed E-state index contributed by atoms with van der Waals surface area (Å²) in [7, 11) is 2.15. The van der Waals surface area contributed by atoms with Crippen molar-refractivity contribution in [1.82, 2.24) is 9.88 Å². The summed E-state index contributed by atoms with van der Waals surface area (Å²) in [5.41, 5.74) is 1.26. The fourth-order valence-electron chi connectivity index (χ4n) is 1.59. The number of imidazole rings is 1. The maximum atomic E-state index is 3.35. The third-order valence-electron chi connectivity index (χ3n) is 2.18. The molecule has 1 aliphatic rings. The van der Waals surface area contributed by atoms with E-state index in [1.807, 2.05) is 0 Å². The first-order chi connectivity index (χ1) is 5.25. The number of nitrogens with zero attached hydrogens (tertiary/aromatic N) is 2. The van der Waals surface area contributed by atoms with E-state index in [-0.39, 0.29) is 0 Å². The molecule has 3 heteroatoms. The predicted molar refractivity (Wildman–Crippen MR) is 42.1 cm³/mol. The molecule has 0 aromatic carbocycles. The molecule has 0 bridgehead atoms. The van der Waals surface area contributed by atoms with Crippen molar-refractivity contribution in [3.05, 3.63) is 17.7 Å². The average molecular weight is 152 g/mol. The van der Waals surface area contributed by atoms with E-state index in [2.05, 4.69) is 34.6 Å². The molecular weight excluding hydrogens is 138 g/mol. The van der Waals surface area contributed by atoms with Gasteiger partial charge in [-0.05, 0) is 7.05 Å². The lowest BCUT2D eigenvalue weighted by Gasteiger charge is -2.18. The van der Waals surface area contributed by atoms with Crippen molar-refractivity contribution in [1.29, 1.82) is 0 Å². The molecular formula is C8H14N3+. The summed E-state index contributed by atoms with van der Waals surface area (Å²) in [6.45, 7) is 5.43. The number of aryl methyl sites for hydroxylation is 1. The molecule has 0 unspecified atom stereocenters. The van der Waals surface area contributed by atoms with Crippen LogP contribution in [0.1, 0.15) is 11.5 Å². The highest BCUT2D eigenvalue weighted by Crippen LogP contribution is 2.01. The molecule has 0 amide bonds. The van der Waals surface area contributed by atoms with Gasteiger partial charge >= 0.3 is 0 Å². The fourth-order valence-corrected chi connectivity index (χ4v) is 1.59.